The Bertz CT molecular complexity index is 336. The summed E-state index contributed by atoms with van der Waals surface area (Å²) in [5.41, 5.74) is 2.63. The predicted molar refractivity (Wildman–Crippen MR) is 85.7 cm³/mol. The minimum Gasteiger partial charge on any atom is -0.382 e. The highest BCUT2D eigenvalue weighted by Crippen LogP contribution is 2.19. The molecule has 1 aromatic rings. The Morgan fingerprint density at radius 2 is 2.00 bits per heavy atom. The van der Waals surface area contributed by atoms with Gasteiger partial charge >= 0.3 is 0 Å². The van der Waals surface area contributed by atoms with Crippen molar-refractivity contribution >= 4 is 28.3 Å². The first-order valence-corrected chi connectivity index (χ1v) is 7.74. The molecule has 0 saturated heterocycles. The third-order valence-electron chi connectivity index (χ3n) is 3.08. The van der Waals surface area contributed by atoms with Gasteiger partial charge < -0.3 is 5.32 Å². The van der Waals surface area contributed by atoms with Crippen molar-refractivity contribution in [2.75, 3.05) is 5.32 Å². The summed E-state index contributed by atoms with van der Waals surface area (Å²) in [6.07, 6.45) is 6.67. The van der Waals surface area contributed by atoms with Crippen molar-refractivity contribution in [3.05, 3.63) is 27.3 Å². The molecule has 0 radical (unpaired) electrons. The summed E-state index contributed by atoms with van der Waals surface area (Å²) in [6.45, 7) is 6.72. The lowest BCUT2D eigenvalue weighted by atomic mass is 10.1. The fraction of sp³-hybridized carbons (Fsp3) is 0.600. The van der Waals surface area contributed by atoms with E-state index in [1.807, 2.05) is 0 Å². The summed E-state index contributed by atoms with van der Waals surface area (Å²) in [5.74, 6) is 0. The highest BCUT2D eigenvalue weighted by Gasteiger charge is 2.04. The van der Waals surface area contributed by atoms with Gasteiger partial charge in [-0.25, -0.2) is 0 Å². The molecule has 17 heavy (non-hydrogen) atoms. The van der Waals surface area contributed by atoms with E-state index in [2.05, 4.69) is 66.9 Å². The van der Waals surface area contributed by atoms with Crippen LogP contribution in [-0.2, 0) is 0 Å². The molecule has 0 bridgehead atoms. The van der Waals surface area contributed by atoms with Crippen LogP contribution in [0.2, 0.25) is 0 Å². The highest BCUT2D eigenvalue weighted by atomic mass is 127. The second-order valence-corrected chi connectivity index (χ2v) is 6.10. The van der Waals surface area contributed by atoms with Crippen molar-refractivity contribution in [3.8, 4) is 0 Å². The van der Waals surface area contributed by atoms with E-state index in [0.29, 0.717) is 6.04 Å². The number of anilines is 1. The van der Waals surface area contributed by atoms with Gasteiger partial charge in [0.15, 0.2) is 0 Å². The SMILES string of the molecule is CCCCCCC(C)Nc1ccc(I)cc1C. The van der Waals surface area contributed by atoms with Gasteiger partial charge in [0, 0.05) is 15.3 Å². The van der Waals surface area contributed by atoms with E-state index >= 15 is 0 Å². The van der Waals surface area contributed by atoms with E-state index < -0.39 is 0 Å². The van der Waals surface area contributed by atoms with E-state index in [9.17, 15) is 0 Å². The monoisotopic (exact) mass is 345 g/mol. The summed E-state index contributed by atoms with van der Waals surface area (Å²) >= 11 is 2.36. The van der Waals surface area contributed by atoms with Crippen molar-refractivity contribution in [1.29, 1.82) is 0 Å². The number of hydrogen-bond donors (Lipinski definition) is 1. The number of hydrogen-bond acceptors (Lipinski definition) is 1. The molecule has 1 nitrogen and oxygen atoms in total. The summed E-state index contributed by atoms with van der Waals surface area (Å²) < 4.78 is 1.31. The first-order chi connectivity index (χ1) is 8.13. The standard InChI is InChI=1S/C15H24IN/c1-4-5-6-7-8-13(3)17-15-10-9-14(16)11-12(15)2/h9-11,13,17H,4-8H2,1-3H3. The number of nitrogens with one attached hydrogen (secondary N) is 1. The molecule has 0 aliphatic carbocycles. The normalized spacial score (nSPS) is 12.5. The van der Waals surface area contributed by atoms with E-state index in [4.69, 9.17) is 0 Å². The minimum atomic E-state index is 0.575. The zero-order chi connectivity index (χ0) is 12.7. The maximum absolute atomic E-state index is 3.61. The number of aryl methyl sites for hydroxylation is 1. The van der Waals surface area contributed by atoms with Gasteiger partial charge in [-0.3, -0.25) is 0 Å². The third kappa shape index (κ3) is 5.75. The fourth-order valence-electron chi connectivity index (χ4n) is 2.00. The first kappa shape index (κ1) is 14.8. The van der Waals surface area contributed by atoms with Gasteiger partial charge in [-0.1, -0.05) is 32.6 Å². The van der Waals surface area contributed by atoms with Crippen LogP contribution in [0.25, 0.3) is 0 Å². The van der Waals surface area contributed by atoms with Gasteiger partial charge in [0.2, 0.25) is 0 Å². The van der Waals surface area contributed by atoms with Crippen LogP contribution in [0.15, 0.2) is 18.2 Å². The maximum atomic E-state index is 3.61. The largest absolute Gasteiger partial charge is 0.382 e. The molecule has 0 saturated carbocycles. The molecule has 1 unspecified atom stereocenters. The third-order valence-corrected chi connectivity index (χ3v) is 3.75. The van der Waals surface area contributed by atoms with Crippen molar-refractivity contribution in [3.63, 3.8) is 0 Å². The van der Waals surface area contributed by atoms with Crippen LogP contribution in [0.1, 0.15) is 51.5 Å². The Kier molecular flexibility index (Phi) is 6.93. The number of halogens is 1. The summed E-state index contributed by atoms with van der Waals surface area (Å²) in [6, 6.07) is 7.16. The number of unbranched alkanes of at least 4 members (excludes halogenated alkanes) is 3. The lowest BCUT2D eigenvalue weighted by Crippen LogP contribution is -2.15. The van der Waals surface area contributed by atoms with Crippen LogP contribution in [0, 0.1) is 10.5 Å². The zero-order valence-electron chi connectivity index (χ0n) is 11.2. The molecule has 2 heteroatoms. The lowest BCUT2D eigenvalue weighted by Gasteiger charge is -2.17. The zero-order valence-corrected chi connectivity index (χ0v) is 13.4. The van der Waals surface area contributed by atoms with Gasteiger partial charge in [-0.15, -0.1) is 0 Å². The maximum Gasteiger partial charge on any atom is 0.0372 e. The van der Waals surface area contributed by atoms with Crippen LogP contribution in [0.5, 0.6) is 0 Å². The quantitative estimate of drug-likeness (QED) is 0.517. The van der Waals surface area contributed by atoms with Crippen molar-refractivity contribution < 1.29 is 0 Å². The predicted octanol–water partition coefficient (Wildman–Crippen LogP) is 5.37. The number of rotatable bonds is 7. The summed E-state index contributed by atoms with van der Waals surface area (Å²) in [4.78, 5) is 0. The van der Waals surface area contributed by atoms with Crippen molar-refractivity contribution in [2.24, 2.45) is 0 Å². The van der Waals surface area contributed by atoms with Gasteiger partial charge in [0.1, 0.15) is 0 Å². The lowest BCUT2D eigenvalue weighted by molar-refractivity contribution is 0.594. The Balaban J connectivity index is 2.37. The second-order valence-electron chi connectivity index (χ2n) is 4.85. The van der Waals surface area contributed by atoms with Gasteiger partial charge in [0.25, 0.3) is 0 Å². The molecular weight excluding hydrogens is 321 g/mol. The van der Waals surface area contributed by atoms with Crippen LogP contribution in [0.3, 0.4) is 0 Å². The Hall–Kier alpha value is -0.250. The topological polar surface area (TPSA) is 12.0 Å². The van der Waals surface area contributed by atoms with Gasteiger partial charge in [0.05, 0.1) is 0 Å². The molecule has 0 amide bonds. The molecule has 1 rings (SSSR count). The molecule has 0 aromatic heterocycles. The molecule has 0 spiro atoms. The molecule has 1 atom stereocenters. The van der Waals surface area contributed by atoms with E-state index in [0.717, 1.165) is 0 Å². The molecule has 1 aromatic carbocycles. The van der Waals surface area contributed by atoms with Crippen LogP contribution >= 0.6 is 22.6 Å². The fourth-order valence-corrected chi connectivity index (χ4v) is 2.65. The Morgan fingerprint density at radius 3 is 2.65 bits per heavy atom. The highest BCUT2D eigenvalue weighted by molar-refractivity contribution is 14.1. The van der Waals surface area contributed by atoms with Crippen LogP contribution in [-0.4, -0.2) is 6.04 Å². The number of benzene rings is 1. The molecule has 1 N–H and O–H groups in total. The Labute approximate surface area is 120 Å². The van der Waals surface area contributed by atoms with Gasteiger partial charge in [-0.05, 0) is 66.6 Å². The van der Waals surface area contributed by atoms with E-state index in [1.165, 1.54) is 46.9 Å². The van der Waals surface area contributed by atoms with Crippen LogP contribution < -0.4 is 5.32 Å². The molecule has 0 fully saturated rings. The van der Waals surface area contributed by atoms with E-state index in [1.54, 1.807) is 0 Å². The second kappa shape index (κ2) is 7.96. The molecule has 0 aliphatic heterocycles. The summed E-state index contributed by atoms with van der Waals surface area (Å²) in [5, 5.41) is 3.61. The van der Waals surface area contributed by atoms with E-state index in [-0.39, 0.29) is 0 Å². The smallest absolute Gasteiger partial charge is 0.0372 e. The molecular formula is C15H24IN. The van der Waals surface area contributed by atoms with Crippen LogP contribution in [0.4, 0.5) is 5.69 Å². The van der Waals surface area contributed by atoms with Crippen molar-refractivity contribution in [1.82, 2.24) is 0 Å². The van der Waals surface area contributed by atoms with Gasteiger partial charge in [-0.2, -0.15) is 0 Å². The average Bonchev–Trinajstić information content (AvgIpc) is 2.28. The Morgan fingerprint density at radius 1 is 1.24 bits per heavy atom. The summed E-state index contributed by atoms with van der Waals surface area (Å²) in [7, 11) is 0. The molecule has 0 aliphatic rings. The average molecular weight is 345 g/mol. The molecule has 0 heterocycles. The first-order valence-electron chi connectivity index (χ1n) is 6.66. The van der Waals surface area contributed by atoms with Crippen molar-refractivity contribution in [2.45, 2.75) is 58.9 Å². The minimum absolute atomic E-state index is 0.575. The molecule has 96 valence electrons.